The van der Waals surface area contributed by atoms with E-state index >= 15 is 0 Å². The van der Waals surface area contributed by atoms with Crippen LogP contribution in [0, 0.1) is 0 Å². The summed E-state index contributed by atoms with van der Waals surface area (Å²) >= 11 is 6.18. The summed E-state index contributed by atoms with van der Waals surface area (Å²) in [7, 11) is 0. The molecule has 0 unspecified atom stereocenters. The fourth-order valence-corrected chi connectivity index (χ4v) is 2.30. The van der Waals surface area contributed by atoms with E-state index in [0.717, 1.165) is 23.6 Å². The van der Waals surface area contributed by atoms with Crippen molar-refractivity contribution in [3.8, 4) is 5.69 Å². The molecule has 0 radical (unpaired) electrons. The third-order valence-electron chi connectivity index (χ3n) is 3.06. The molecule has 0 N–H and O–H groups in total. The van der Waals surface area contributed by atoms with Gasteiger partial charge < -0.3 is 0 Å². The molecule has 3 rings (SSSR count). The molecule has 0 aliphatic rings. The predicted molar refractivity (Wildman–Crippen MR) is 76.9 cm³/mol. The normalized spacial score (nSPS) is 10.7. The molecule has 0 spiro atoms. The SMILES string of the molecule is O=Cc1ccc(-n2cc(Cl)c3cc(C=O)cnc32)cc1. The zero-order valence-corrected chi connectivity index (χ0v) is 11.0. The van der Waals surface area contributed by atoms with E-state index < -0.39 is 0 Å². The van der Waals surface area contributed by atoms with Crippen LogP contribution in [0.4, 0.5) is 0 Å². The maximum atomic E-state index is 10.8. The Morgan fingerprint density at radius 3 is 2.40 bits per heavy atom. The molecule has 0 bridgehead atoms. The van der Waals surface area contributed by atoms with Gasteiger partial charge in [-0.1, -0.05) is 11.6 Å². The van der Waals surface area contributed by atoms with Gasteiger partial charge in [-0.3, -0.25) is 14.2 Å². The van der Waals surface area contributed by atoms with Crippen LogP contribution in [0.15, 0.2) is 42.7 Å². The van der Waals surface area contributed by atoms with E-state index in [-0.39, 0.29) is 0 Å². The van der Waals surface area contributed by atoms with Gasteiger partial charge in [-0.25, -0.2) is 4.98 Å². The molecule has 2 heterocycles. The van der Waals surface area contributed by atoms with Gasteiger partial charge >= 0.3 is 0 Å². The van der Waals surface area contributed by atoms with Crippen molar-refractivity contribution in [1.29, 1.82) is 0 Å². The van der Waals surface area contributed by atoms with Crippen LogP contribution in [0.1, 0.15) is 20.7 Å². The zero-order valence-electron chi connectivity index (χ0n) is 10.3. The molecule has 0 fully saturated rings. The number of halogens is 1. The first-order valence-corrected chi connectivity index (χ1v) is 6.28. The number of pyridine rings is 1. The summed E-state index contributed by atoms with van der Waals surface area (Å²) in [6.07, 6.45) is 4.77. The second-order valence-electron chi connectivity index (χ2n) is 4.31. The van der Waals surface area contributed by atoms with Crippen molar-refractivity contribution in [1.82, 2.24) is 9.55 Å². The summed E-state index contributed by atoms with van der Waals surface area (Å²) in [5, 5.41) is 1.24. The highest BCUT2D eigenvalue weighted by molar-refractivity contribution is 6.35. The molecule has 0 atom stereocenters. The molecule has 98 valence electrons. The Morgan fingerprint density at radius 1 is 1.05 bits per heavy atom. The van der Waals surface area contributed by atoms with E-state index in [2.05, 4.69) is 4.98 Å². The third-order valence-corrected chi connectivity index (χ3v) is 3.36. The first-order valence-electron chi connectivity index (χ1n) is 5.90. The van der Waals surface area contributed by atoms with Gasteiger partial charge in [-0.05, 0) is 30.3 Å². The molecule has 0 amide bonds. The van der Waals surface area contributed by atoms with E-state index in [1.807, 2.05) is 16.7 Å². The van der Waals surface area contributed by atoms with Gasteiger partial charge in [0.25, 0.3) is 0 Å². The number of fused-ring (bicyclic) bond motifs is 1. The Labute approximate surface area is 119 Å². The number of hydrogen-bond donors (Lipinski definition) is 0. The maximum Gasteiger partial charge on any atom is 0.151 e. The minimum atomic E-state index is 0.480. The molecule has 0 saturated carbocycles. The smallest absolute Gasteiger partial charge is 0.151 e. The average molecular weight is 285 g/mol. The summed E-state index contributed by atoms with van der Waals surface area (Å²) in [4.78, 5) is 25.7. The van der Waals surface area contributed by atoms with Gasteiger partial charge in [0, 0.05) is 34.6 Å². The highest BCUT2D eigenvalue weighted by Crippen LogP contribution is 2.27. The number of carbonyl (C=O) groups excluding carboxylic acids is 2. The lowest BCUT2D eigenvalue weighted by molar-refractivity contribution is 0.111. The first-order chi connectivity index (χ1) is 9.72. The van der Waals surface area contributed by atoms with E-state index in [9.17, 15) is 9.59 Å². The fraction of sp³-hybridized carbons (Fsp3) is 0. The molecule has 5 heteroatoms. The standard InChI is InChI=1S/C15H9ClN2O2/c16-14-7-18(12-3-1-10(8-19)2-4-12)15-13(14)5-11(9-20)6-17-15/h1-9H. The topological polar surface area (TPSA) is 52.0 Å². The van der Waals surface area contributed by atoms with Gasteiger partial charge in [0.15, 0.2) is 6.29 Å². The number of carbonyl (C=O) groups is 2. The molecule has 2 aromatic heterocycles. The van der Waals surface area contributed by atoms with Crippen LogP contribution in [0.5, 0.6) is 0 Å². The molecule has 20 heavy (non-hydrogen) atoms. The molecular formula is C15H9ClN2O2. The van der Waals surface area contributed by atoms with E-state index in [0.29, 0.717) is 21.8 Å². The zero-order chi connectivity index (χ0) is 14.1. The molecule has 0 aliphatic heterocycles. The fourth-order valence-electron chi connectivity index (χ4n) is 2.06. The molecule has 1 aromatic carbocycles. The molecule has 0 aliphatic carbocycles. The summed E-state index contributed by atoms with van der Waals surface area (Å²) in [5.41, 5.74) is 2.60. The maximum absolute atomic E-state index is 10.8. The van der Waals surface area contributed by atoms with Crippen LogP contribution >= 0.6 is 11.6 Å². The Bertz CT molecular complexity index is 807. The number of hydrogen-bond acceptors (Lipinski definition) is 3. The minimum absolute atomic E-state index is 0.480. The van der Waals surface area contributed by atoms with Crippen molar-refractivity contribution in [3.05, 3.63) is 58.9 Å². The Kier molecular flexibility index (Phi) is 3.08. The Balaban J connectivity index is 2.20. The van der Waals surface area contributed by atoms with Crippen LogP contribution < -0.4 is 0 Å². The highest BCUT2D eigenvalue weighted by atomic mass is 35.5. The number of aldehydes is 2. The molecular weight excluding hydrogens is 276 g/mol. The molecule has 3 aromatic rings. The van der Waals surface area contributed by atoms with Crippen LogP contribution in [0.2, 0.25) is 5.02 Å². The van der Waals surface area contributed by atoms with Gasteiger partial charge in [0.2, 0.25) is 0 Å². The van der Waals surface area contributed by atoms with Gasteiger partial charge in [0.1, 0.15) is 11.9 Å². The van der Waals surface area contributed by atoms with Crippen molar-refractivity contribution in [2.45, 2.75) is 0 Å². The summed E-state index contributed by atoms with van der Waals surface area (Å²) in [6.45, 7) is 0. The van der Waals surface area contributed by atoms with Crippen molar-refractivity contribution in [3.63, 3.8) is 0 Å². The number of nitrogens with zero attached hydrogens (tertiary/aromatic N) is 2. The Morgan fingerprint density at radius 2 is 1.75 bits per heavy atom. The highest BCUT2D eigenvalue weighted by Gasteiger charge is 2.10. The van der Waals surface area contributed by atoms with Crippen LogP contribution in [0.3, 0.4) is 0 Å². The van der Waals surface area contributed by atoms with Gasteiger partial charge in [0.05, 0.1) is 5.02 Å². The number of aromatic nitrogens is 2. The number of benzene rings is 1. The summed E-state index contributed by atoms with van der Waals surface area (Å²) in [5.74, 6) is 0. The second kappa shape index (κ2) is 4.90. The van der Waals surface area contributed by atoms with Crippen LogP contribution in [0.25, 0.3) is 16.7 Å². The van der Waals surface area contributed by atoms with Crippen molar-refractivity contribution in [2.24, 2.45) is 0 Å². The second-order valence-corrected chi connectivity index (χ2v) is 4.72. The average Bonchev–Trinajstić information content (AvgIpc) is 2.84. The van der Waals surface area contributed by atoms with E-state index in [1.54, 1.807) is 24.4 Å². The van der Waals surface area contributed by atoms with Crippen molar-refractivity contribution < 1.29 is 9.59 Å². The van der Waals surface area contributed by atoms with Crippen molar-refractivity contribution >= 4 is 35.2 Å². The summed E-state index contributed by atoms with van der Waals surface area (Å²) in [6, 6.07) is 8.78. The number of rotatable bonds is 3. The minimum Gasteiger partial charge on any atom is -0.300 e. The molecule has 4 nitrogen and oxygen atoms in total. The van der Waals surface area contributed by atoms with Crippen LogP contribution in [-0.4, -0.2) is 22.1 Å². The lowest BCUT2D eigenvalue weighted by atomic mass is 10.2. The van der Waals surface area contributed by atoms with Crippen molar-refractivity contribution in [2.75, 3.05) is 0 Å². The quantitative estimate of drug-likeness (QED) is 0.693. The lowest BCUT2D eigenvalue weighted by Gasteiger charge is -2.04. The first kappa shape index (κ1) is 12.6. The lowest BCUT2D eigenvalue weighted by Crippen LogP contribution is -1.94. The monoisotopic (exact) mass is 284 g/mol. The summed E-state index contributed by atoms with van der Waals surface area (Å²) < 4.78 is 1.82. The van der Waals surface area contributed by atoms with Gasteiger partial charge in [-0.2, -0.15) is 0 Å². The van der Waals surface area contributed by atoms with Crippen LogP contribution in [-0.2, 0) is 0 Å². The predicted octanol–water partition coefficient (Wildman–Crippen LogP) is 3.30. The molecule has 0 saturated heterocycles. The Hall–Kier alpha value is -2.46. The van der Waals surface area contributed by atoms with Gasteiger partial charge in [-0.15, -0.1) is 0 Å². The van der Waals surface area contributed by atoms with E-state index in [4.69, 9.17) is 11.6 Å². The van der Waals surface area contributed by atoms with E-state index in [1.165, 1.54) is 6.20 Å². The third kappa shape index (κ3) is 2.00. The largest absolute Gasteiger partial charge is 0.300 e.